The molecule has 0 aliphatic rings. The molecular weight excluding hydrogens is 174 g/mol. The Bertz CT molecular complexity index is 263. The van der Waals surface area contributed by atoms with Crippen LogP contribution in [0.25, 0.3) is 0 Å². The zero-order chi connectivity index (χ0) is 10.6. The first-order valence-electron chi connectivity index (χ1n) is 5.05. The van der Waals surface area contributed by atoms with Crippen molar-refractivity contribution < 1.29 is 5.11 Å². The molecule has 0 amide bonds. The van der Waals surface area contributed by atoms with Gasteiger partial charge < -0.3 is 5.11 Å². The van der Waals surface area contributed by atoms with Gasteiger partial charge in [-0.05, 0) is 24.0 Å². The fraction of sp³-hybridized carbons (Fsp3) is 0.583. The fourth-order valence-electron chi connectivity index (χ4n) is 1.62. The summed E-state index contributed by atoms with van der Waals surface area (Å²) in [6, 6.07) is 5.84. The van der Waals surface area contributed by atoms with Gasteiger partial charge >= 0.3 is 0 Å². The highest BCUT2D eigenvalue weighted by Gasteiger charge is 2.20. The molecule has 0 aromatic carbocycles. The van der Waals surface area contributed by atoms with Gasteiger partial charge in [-0.2, -0.15) is 0 Å². The second-order valence-electron chi connectivity index (χ2n) is 4.90. The normalized spacial score (nSPS) is 14.0. The van der Waals surface area contributed by atoms with Crippen LogP contribution in [0.15, 0.2) is 24.4 Å². The van der Waals surface area contributed by atoms with Crippen molar-refractivity contribution in [3.05, 3.63) is 30.1 Å². The monoisotopic (exact) mass is 193 g/mol. The maximum atomic E-state index is 9.30. The molecule has 0 radical (unpaired) electrons. The molecule has 1 rings (SSSR count). The van der Waals surface area contributed by atoms with Gasteiger partial charge in [-0.25, -0.2) is 0 Å². The lowest BCUT2D eigenvalue weighted by molar-refractivity contribution is 0.220. The maximum Gasteiger partial charge on any atom is 0.0515 e. The number of pyridine rings is 1. The minimum Gasteiger partial charge on any atom is -0.396 e. The summed E-state index contributed by atoms with van der Waals surface area (Å²) in [5.41, 5.74) is 1.22. The SMILES string of the molecule is CC(C)(C)CC(CO)c1ccccn1. The number of aliphatic hydroxyl groups excluding tert-OH is 1. The molecule has 0 saturated carbocycles. The summed E-state index contributed by atoms with van der Waals surface area (Å²) in [5, 5.41) is 9.30. The van der Waals surface area contributed by atoms with Gasteiger partial charge in [-0.3, -0.25) is 4.98 Å². The lowest BCUT2D eigenvalue weighted by atomic mass is 9.83. The predicted octanol–water partition coefficient (Wildman–Crippen LogP) is 2.59. The average molecular weight is 193 g/mol. The number of nitrogens with zero attached hydrogens (tertiary/aromatic N) is 1. The van der Waals surface area contributed by atoms with Crippen LogP contribution in [0, 0.1) is 5.41 Å². The van der Waals surface area contributed by atoms with Gasteiger partial charge in [0.1, 0.15) is 0 Å². The molecule has 0 aliphatic heterocycles. The van der Waals surface area contributed by atoms with Gasteiger partial charge in [0.25, 0.3) is 0 Å². The van der Waals surface area contributed by atoms with E-state index < -0.39 is 0 Å². The molecule has 1 heterocycles. The molecule has 1 aromatic heterocycles. The summed E-state index contributed by atoms with van der Waals surface area (Å²) in [4.78, 5) is 4.27. The molecule has 2 nitrogen and oxygen atoms in total. The third-order valence-electron chi connectivity index (χ3n) is 2.19. The number of hydrogen-bond donors (Lipinski definition) is 1. The first-order chi connectivity index (χ1) is 6.53. The van der Waals surface area contributed by atoms with E-state index in [0.717, 1.165) is 12.1 Å². The highest BCUT2D eigenvalue weighted by molar-refractivity contribution is 5.09. The summed E-state index contributed by atoms with van der Waals surface area (Å²) >= 11 is 0. The smallest absolute Gasteiger partial charge is 0.0515 e. The zero-order valence-corrected chi connectivity index (χ0v) is 9.20. The van der Waals surface area contributed by atoms with E-state index in [4.69, 9.17) is 0 Å². The van der Waals surface area contributed by atoms with Crippen molar-refractivity contribution in [3.63, 3.8) is 0 Å². The summed E-state index contributed by atoms with van der Waals surface area (Å²) in [6.45, 7) is 6.71. The van der Waals surface area contributed by atoms with Gasteiger partial charge in [-0.15, -0.1) is 0 Å². The van der Waals surface area contributed by atoms with Crippen molar-refractivity contribution >= 4 is 0 Å². The van der Waals surface area contributed by atoms with Crippen molar-refractivity contribution in [2.24, 2.45) is 5.41 Å². The Morgan fingerprint density at radius 1 is 1.36 bits per heavy atom. The third kappa shape index (κ3) is 3.46. The van der Waals surface area contributed by atoms with E-state index in [0.29, 0.717) is 0 Å². The highest BCUT2D eigenvalue weighted by atomic mass is 16.3. The number of aliphatic hydroxyl groups is 1. The van der Waals surface area contributed by atoms with Gasteiger partial charge in [0.2, 0.25) is 0 Å². The molecule has 1 unspecified atom stereocenters. The Balaban J connectivity index is 2.73. The number of hydrogen-bond acceptors (Lipinski definition) is 2. The van der Waals surface area contributed by atoms with E-state index in [-0.39, 0.29) is 17.9 Å². The molecule has 0 spiro atoms. The maximum absolute atomic E-state index is 9.30. The molecule has 0 bridgehead atoms. The Morgan fingerprint density at radius 2 is 2.07 bits per heavy atom. The van der Waals surface area contributed by atoms with Crippen LogP contribution in [-0.4, -0.2) is 16.7 Å². The summed E-state index contributed by atoms with van der Waals surface area (Å²) < 4.78 is 0. The van der Waals surface area contributed by atoms with Crippen LogP contribution in [0.3, 0.4) is 0 Å². The van der Waals surface area contributed by atoms with Crippen LogP contribution < -0.4 is 0 Å². The quantitative estimate of drug-likeness (QED) is 0.800. The molecule has 0 fully saturated rings. The Labute approximate surface area is 86.0 Å². The molecule has 14 heavy (non-hydrogen) atoms. The fourth-order valence-corrected chi connectivity index (χ4v) is 1.62. The van der Waals surface area contributed by atoms with E-state index in [1.54, 1.807) is 6.20 Å². The third-order valence-corrected chi connectivity index (χ3v) is 2.19. The highest BCUT2D eigenvalue weighted by Crippen LogP contribution is 2.29. The van der Waals surface area contributed by atoms with Crippen molar-refractivity contribution in [2.45, 2.75) is 33.1 Å². The van der Waals surface area contributed by atoms with Crippen LogP contribution in [0.2, 0.25) is 0 Å². The largest absolute Gasteiger partial charge is 0.396 e. The summed E-state index contributed by atoms with van der Waals surface area (Å²) in [7, 11) is 0. The second kappa shape index (κ2) is 4.56. The minimum atomic E-state index is 0.163. The first kappa shape index (κ1) is 11.2. The Hall–Kier alpha value is -0.890. The zero-order valence-electron chi connectivity index (χ0n) is 9.20. The summed E-state index contributed by atoms with van der Waals surface area (Å²) in [5.74, 6) is 0.163. The van der Waals surface area contributed by atoms with Gasteiger partial charge in [0.15, 0.2) is 0 Å². The molecule has 0 aliphatic carbocycles. The molecule has 0 saturated heterocycles. The topological polar surface area (TPSA) is 33.1 Å². The number of rotatable bonds is 3. The van der Waals surface area contributed by atoms with Crippen LogP contribution in [0.5, 0.6) is 0 Å². The minimum absolute atomic E-state index is 0.163. The Morgan fingerprint density at radius 3 is 2.50 bits per heavy atom. The van der Waals surface area contributed by atoms with Crippen molar-refractivity contribution in [1.29, 1.82) is 0 Å². The van der Waals surface area contributed by atoms with Crippen molar-refractivity contribution in [3.8, 4) is 0 Å². The second-order valence-corrected chi connectivity index (χ2v) is 4.90. The van der Waals surface area contributed by atoms with E-state index in [2.05, 4.69) is 25.8 Å². The van der Waals surface area contributed by atoms with Crippen LogP contribution in [0.1, 0.15) is 38.8 Å². The van der Waals surface area contributed by atoms with Gasteiger partial charge in [-0.1, -0.05) is 26.8 Å². The van der Waals surface area contributed by atoms with E-state index >= 15 is 0 Å². The van der Waals surface area contributed by atoms with Crippen LogP contribution in [0.4, 0.5) is 0 Å². The molecule has 78 valence electrons. The van der Waals surface area contributed by atoms with Crippen molar-refractivity contribution in [2.75, 3.05) is 6.61 Å². The first-order valence-corrected chi connectivity index (χ1v) is 5.05. The summed E-state index contributed by atoms with van der Waals surface area (Å²) in [6.07, 6.45) is 2.74. The molecule has 1 atom stereocenters. The molecule has 1 aromatic rings. The molecule has 1 N–H and O–H groups in total. The number of aromatic nitrogens is 1. The molecular formula is C12H19NO. The van der Waals surface area contributed by atoms with Gasteiger partial charge in [0.05, 0.1) is 6.61 Å². The van der Waals surface area contributed by atoms with E-state index in [9.17, 15) is 5.11 Å². The van der Waals surface area contributed by atoms with Gasteiger partial charge in [0, 0.05) is 17.8 Å². The van der Waals surface area contributed by atoms with E-state index in [1.807, 2.05) is 18.2 Å². The van der Waals surface area contributed by atoms with Crippen molar-refractivity contribution in [1.82, 2.24) is 4.98 Å². The Kier molecular flexibility index (Phi) is 3.64. The predicted molar refractivity (Wildman–Crippen MR) is 58.1 cm³/mol. The van der Waals surface area contributed by atoms with E-state index in [1.165, 1.54) is 0 Å². The van der Waals surface area contributed by atoms with Crippen LogP contribution >= 0.6 is 0 Å². The van der Waals surface area contributed by atoms with Crippen LogP contribution in [-0.2, 0) is 0 Å². The standard InChI is InChI=1S/C12H19NO/c1-12(2,3)8-10(9-14)11-6-4-5-7-13-11/h4-7,10,14H,8-9H2,1-3H3. The lowest BCUT2D eigenvalue weighted by Crippen LogP contribution is -2.15. The average Bonchev–Trinajstić information content (AvgIpc) is 2.14. The molecule has 2 heteroatoms. The lowest BCUT2D eigenvalue weighted by Gasteiger charge is -2.24.